The van der Waals surface area contributed by atoms with Crippen LogP contribution < -0.4 is 0 Å². The molecule has 0 aliphatic carbocycles. The van der Waals surface area contributed by atoms with Gasteiger partial charge in [-0.3, -0.25) is 4.98 Å². The molecule has 0 fully saturated rings. The van der Waals surface area contributed by atoms with Gasteiger partial charge in [0.25, 0.3) is 0 Å². The molecule has 0 radical (unpaired) electrons. The van der Waals surface area contributed by atoms with Gasteiger partial charge in [-0.2, -0.15) is 26.3 Å². The standard InChI is InChI=1S/C17H15F6NO/c18-16(19,20)9-1-2-15(25)12-5-8-14(24-10-12)11-3-6-13(7-4-11)17(21,22)23/h3-8,10,15,25H,1-2,9H2. The van der Waals surface area contributed by atoms with Crippen molar-refractivity contribution in [1.82, 2.24) is 4.98 Å². The second kappa shape index (κ2) is 7.43. The normalized spacial score (nSPS) is 13.7. The first-order valence-electron chi connectivity index (χ1n) is 7.45. The van der Waals surface area contributed by atoms with Gasteiger partial charge in [0.1, 0.15) is 0 Å². The van der Waals surface area contributed by atoms with Crippen LogP contribution >= 0.6 is 0 Å². The van der Waals surface area contributed by atoms with E-state index < -0.39 is 30.4 Å². The van der Waals surface area contributed by atoms with Crippen molar-refractivity contribution in [2.24, 2.45) is 0 Å². The maximum absolute atomic E-state index is 12.5. The highest BCUT2D eigenvalue weighted by Gasteiger charge is 2.30. The summed E-state index contributed by atoms with van der Waals surface area (Å²) in [4.78, 5) is 4.06. The summed E-state index contributed by atoms with van der Waals surface area (Å²) in [7, 11) is 0. The lowest BCUT2D eigenvalue weighted by Crippen LogP contribution is -2.08. The summed E-state index contributed by atoms with van der Waals surface area (Å²) in [6, 6.07) is 7.45. The molecule has 0 aliphatic rings. The van der Waals surface area contributed by atoms with Gasteiger partial charge in [0.2, 0.25) is 0 Å². The van der Waals surface area contributed by atoms with Gasteiger partial charge < -0.3 is 5.11 Å². The lowest BCUT2D eigenvalue weighted by atomic mass is 10.0. The Morgan fingerprint density at radius 1 is 0.920 bits per heavy atom. The van der Waals surface area contributed by atoms with E-state index >= 15 is 0 Å². The van der Waals surface area contributed by atoms with Crippen LogP contribution in [0.15, 0.2) is 42.6 Å². The first-order valence-corrected chi connectivity index (χ1v) is 7.45. The molecule has 0 amide bonds. The third-order valence-corrected chi connectivity index (χ3v) is 3.62. The van der Waals surface area contributed by atoms with Gasteiger partial charge in [0.05, 0.1) is 17.4 Å². The first kappa shape index (κ1) is 19.2. The molecule has 25 heavy (non-hydrogen) atoms. The van der Waals surface area contributed by atoms with Crippen molar-refractivity contribution in [3.8, 4) is 11.3 Å². The highest BCUT2D eigenvalue weighted by Crippen LogP contribution is 2.31. The Labute approximate surface area is 140 Å². The molecule has 0 bridgehead atoms. The summed E-state index contributed by atoms with van der Waals surface area (Å²) >= 11 is 0. The van der Waals surface area contributed by atoms with Gasteiger partial charge in [0, 0.05) is 18.2 Å². The van der Waals surface area contributed by atoms with Crippen molar-refractivity contribution in [1.29, 1.82) is 0 Å². The minimum Gasteiger partial charge on any atom is -0.388 e. The maximum atomic E-state index is 12.5. The molecule has 0 spiro atoms. The van der Waals surface area contributed by atoms with Gasteiger partial charge in [-0.15, -0.1) is 0 Å². The number of nitrogens with zero attached hydrogens (tertiary/aromatic N) is 1. The largest absolute Gasteiger partial charge is 0.416 e. The molecule has 1 unspecified atom stereocenters. The zero-order chi connectivity index (χ0) is 18.7. The molecule has 1 atom stereocenters. The summed E-state index contributed by atoms with van der Waals surface area (Å²) in [5.74, 6) is 0. The van der Waals surface area contributed by atoms with Crippen molar-refractivity contribution in [2.45, 2.75) is 37.7 Å². The summed E-state index contributed by atoms with van der Waals surface area (Å²) in [6.45, 7) is 0. The van der Waals surface area contributed by atoms with E-state index in [9.17, 15) is 31.4 Å². The van der Waals surface area contributed by atoms with Crippen molar-refractivity contribution in [3.05, 3.63) is 53.7 Å². The van der Waals surface area contributed by atoms with Crippen molar-refractivity contribution in [2.75, 3.05) is 0 Å². The Bertz CT molecular complexity index is 676. The van der Waals surface area contributed by atoms with E-state index in [0.717, 1.165) is 12.1 Å². The summed E-state index contributed by atoms with van der Waals surface area (Å²) < 4.78 is 73.8. The molecule has 2 aromatic rings. The number of aromatic nitrogens is 1. The van der Waals surface area contributed by atoms with E-state index in [1.165, 1.54) is 30.5 Å². The van der Waals surface area contributed by atoms with Crippen molar-refractivity contribution in [3.63, 3.8) is 0 Å². The Balaban J connectivity index is 2.02. The van der Waals surface area contributed by atoms with E-state index in [0.29, 0.717) is 16.8 Å². The number of hydrogen-bond donors (Lipinski definition) is 1. The van der Waals surface area contributed by atoms with Gasteiger partial charge >= 0.3 is 12.4 Å². The lowest BCUT2D eigenvalue weighted by molar-refractivity contribution is -0.138. The Morgan fingerprint density at radius 3 is 2.04 bits per heavy atom. The molecular formula is C17H15F6NO. The summed E-state index contributed by atoms with van der Waals surface area (Å²) in [5.41, 5.74) is 0.455. The molecule has 1 heterocycles. The molecule has 1 aromatic carbocycles. The molecule has 0 saturated heterocycles. The number of halogens is 6. The number of rotatable bonds is 5. The minimum absolute atomic E-state index is 0.0547. The van der Waals surface area contributed by atoms with E-state index in [2.05, 4.69) is 4.98 Å². The number of benzene rings is 1. The monoisotopic (exact) mass is 363 g/mol. The third kappa shape index (κ3) is 5.74. The molecule has 2 nitrogen and oxygen atoms in total. The van der Waals surface area contributed by atoms with E-state index in [1.54, 1.807) is 0 Å². The Hall–Kier alpha value is -2.09. The molecule has 1 N–H and O–H groups in total. The lowest BCUT2D eigenvalue weighted by Gasteiger charge is -2.12. The molecule has 0 saturated carbocycles. The number of pyridine rings is 1. The molecular weight excluding hydrogens is 348 g/mol. The van der Waals surface area contributed by atoms with Crippen LogP contribution in [0.5, 0.6) is 0 Å². The average Bonchev–Trinajstić information content (AvgIpc) is 2.53. The third-order valence-electron chi connectivity index (χ3n) is 3.62. The zero-order valence-corrected chi connectivity index (χ0v) is 12.9. The van der Waals surface area contributed by atoms with Crippen LogP contribution in [0, 0.1) is 0 Å². The second-order valence-electron chi connectivity index (χ2n) is 5.58. The van der Waals surface area contributed by atoms with E-state index in [1.807, 2.05) is 0 Å². The van der Waals surface area contributed by atoms with Gasteiger partial charge in [-0.1, -0.05) is 18.2 Å². The highest BCUT2D eigenvalue weighted by atomic mass is 19.4. The fourth-order valence-electron chi connectivity index (χ4n) is 2.27. The number of aliphatic hydroxyl groups is 1. The quantitative estimate of drug-likeness (QED) is 0.708. The molecule has 8 heteroatoms. The van der Waals surface area contributed by atoms with Gasteiger partial charge in [-0.05, 0) is 36.6 Å². The van der Waals surface area contributed by atoms with Crippen LogP contribution in [0.4, 0.5) is 26.3 Å². The first-order chi connectivity index (χ1) is 11.6. The van der Waals surface area contributed by atoms with Gasteiger partial charge in [0.15, 0.2) is 0 Å². The minimum atomic E-state index is -4.42. The number of aliphatic hydroxyl groups excluding tert-OH is 1. The molecule has 1 aromatic heterocycles. The molecule has 0 aliphatic heterocycles. The second-order valence-corrected chi connectivity index (χ2v) is 5.58. The zero-order valence-electron chi connectivity index (χ0n) is 12.9. The molecule has 2 rings (SSSR count). The van der Waals surface area contributed by atoms with Crippen LogP contribution in [-0.4, -0.2) is 16.3 Å². The molecule has 136 valence electrons. The smallest absolute Gasteiger partial charge is 0.388 e. The van der Waals surface area contributed by atoms with Crippen LogP contribution in [0.25, 0.3) is 11.3 Å². The maximum Gasteiger partial charge on any atom is 0.416 e. The topological polar surface area (TPSA) is 33.1 Å². The van der Waals surface area contributed by atoms with Crippen LogP contribution in [0.1, 0.15) is 36.5 Å². The SMILES string of the molecule is OC(CCCC(F)(F)F)c1ccc(-c2ccc(C(F)(F)F)cc2)nc1. The summed E-state index contributed by atoms with van der Waals surface area (Å²) in [5, 5.41) is 9.87. The number of alkyl halides is 6. The highest BCUT2D eigenvalue weighted by molar-refractivity contribution is 5.59. The van der Waals surface area contributed by atoms with E-state index in [-0.39, 0.29) is 12.8 Å². The van der Waals surface area contributed by atoms with E-state index in [4.69, 9.17) is 0 Å². The average molecular weight is 363 g/mol. The van der Waals surface area contributed by atoms with Crippen molar-refractivity contribution >= 4 is 0 Å². The predicted octanol–water partition coefficient (Wildman–Crippen LogP) is 5.53. The van der Waals surface area contributed by atoms with Crippen LogP contribution in [0.3, 0.4) is 0 Å². The summed E-state index contributed by atoms with van der Waals surface area (Å²) in [6.07, 6.45) is -9.67. The fourth-order valence-corrected chi connectivity index (χ4v) is 2.27. The predicted molar refractivity (Wildman–Crippen MR) is 79.5 cm³/mol. The Kier molecular flexibility index (Phi) is 5.72. The Morgan fingerprint density at radius 2 is 1.56 bits per heavy atom. The van der Waals surface area contributed by atoms with Crippen molar-refractivity contribution < 1.29 is 31.4 Å². The number of hydrogen-bond acceptors (Lipinski definition) is 2. The van der Waals surface area contributed by atoms with Gasteiger partial charge in [-0.25, -0.2) is 0 Å². The van der Waals surface area contributed by atoms with Crippen LogP contribution in [0.2, 0.25) is 0 Å². The van der Waals surface area contributed by atoms with Crippen LogP contribution in [-0.2, 0) is 6.18 Å². The fraction of sp³-hybridized carbons (Fsp3) is 0.353.